The summed E-state index contributed by atoms with van der Waals surface area (Å²) in [7, 11) is -4.28. The van der Waals surface area contributed by atoms with E-state index in [2.05, 4.69) is 62.5 Å². The van der Waals surface area contributed by atoms with Gasteiger partial charge in [0.1, 0.15) is 6.10 Å². The van der Waals surface area contributed by atoms with Gasteiger partial charge in [-0.05, 0) is 70.6 Å². The maximum absolute atomic E-state index is 12.6. The van der Waals surface area contributed by atoms with Crippen molar-refractivity contribution in [3.8, 4) is 0 Å². The summed E-state index contributed by atoms with van der Waals surface area (Å²) >= 11 is 0. The maximum atomic E-state index is 12.6. The number of hydrogen-bond acceptors (Lipinski definition) is 7. The first-order valence-electron chi connectivity index (χ1n) is 21.1. The van der Waals surface area contributed by atoms with Crippen LogP contribution in [0.3, 0.4) is 0 Å². The quantitative estimate of drug-likeness (QED) is 0.0275. The van der Waals surface area contributed by atoms with E-state index in [0.29, 0.717) is 13.0 Å². The molecule has 304 valence electrons. The third-order valence-electron chi connectivity index (χ3n) is 8.72. The first kappa shape index (κ1) is 50.5. The highest BCUT2D eigenvalue weighted by Gasteiger charge is 2.25. The van der Waals surface area contributed by atoms with Gasteiger partial charge in [-0.3, -0.25) is 13.8 Å². The average molecular weight is 754 g/mol. The molecule has 2 unspecified atom stereocenters. The summed E-state index contributed by atoms with van der Waals surface area (Å²) in [6.45, 7) is 4.83. The van der Waals surface area contributed by atoms with Gasteiger partial charge in [0.25, 0.3) is 0 Å². The van der Waals surface area contributed by atoms with Crippen LogP contribution in [0.1, 0.15) is 181 Å². The monoisotopic (exact) mass is 754 g/mol. The highest BCUT2D eigenvalue weighted by atomic mass is 31.2. The number of allylic oxidation sites excluding steroid dienone is 8. The van der Waals surface area contributed by atoms with E-state index in [1.165, 1.54) is 96.3 Å². The van der Waals surface area contributed by atoms with Crippen LogP contribution in [0.2, 0.25) is 0 Å². The summed E-state index contributed by atoms with van der Waals surface area (Å²) in [5.74, 6) is -0.348. The van der Waals surface area contributed by atoms with Crippen LogP contribution >= 0.6 is 7.82 Å². The summed E-state index contributed by atoms with van der Waals surface area (Å²) < 4.78 is 33.4. The Bertz CT molecular complexity index is 936. The first-order chi connectivity index (χ1) is 25.4. The van der Waals surface area contributed by atoms with E-state index in [9.17, 15) is 14.3 Å². The van der Waals surface area contributed by atoms with Gasteiger partial charge < -0.3 is 20.1 Å². The summed E-state index contributed by atoms with van der Waals surface area (Å²) in [6, 6.07) is 0. The van der Waals surface area contributed by atoms with Crippen molar-refractivity contribution in [1.29, 1.82) is 0 Å². The molecule has 0 spiro atoms. The van der Waals surface area contributed by atoms with E-state index in [4.69, 9.17) is 24.3 Å². The molecule has 0 radical (unpaired) electrons. The van der Waals surface area contributed by atoms with Crippen molar-refractivity contribution in [3.63, 3.8) is 0 Å². The maximum Gasteiger partial charge on any atom is 0.472 e. The molecule has 3 N–H and O–H groups in total. The largest absolute Gasteiger partial charge is 0.472 e. The molecule has 0 aromatic carbocycles. The van der Waals surface area contributed by atoms with Gasteiger partial charge >= 0.3 is 13.8 Å². The third kappa shape index (κ3) is 39.7. The summed E-state index contributed by atoms with van der Waals surface area (Å²) in [5.41, 5.74) is 5.36. The van der Waals surface area contributed by atoms with Crippen molar-refractivity contribution in [2.45, 2.75) is 187 Å². The molecule has 0 aromatic heterocycles. The minimum absolute atomic E-state index is 0.0954. The van der Waals surface area contributed by atoms with E-state index in [1.807, 2.05) is 0 Å². The second-order valence-electron chi connectivity index (χ2n) is 13.8. The summed E-state index contributed by atoms with van der Waals surface area (Å²) in [5, 5.41) is 0. The molecule has 8 nitrogen and oxygen atoms in total. The van der Waals surface area contributed by atoms with Crippen LogP contribution in [0, 0.1) is 0 Å². The molecule has 0 bridgehead atoms. The topological polar surface area (TPSA) is 117 Å². The number of ether oxygens (including phenoxy) is 2. The molecule has 0 fully saturated rings. The van der Waals surface area contributed by atoms with Crippen LogP contribution in [0.25, 0.3) is 0 Å². The van der Waals surface area contributed by atoms with E-state index in [1.54, 1.807) is 0 Å². The fourth-order valence-electron chi connectivity index (χ4n) is 5.57. The van der Waals surface area contributed by atoms with Gasteiger partial charge in [-0.25, -0.2) is 4.57 Å². The lowest BCUT2D eigenvalue weighted by Crippen LogP contribution is -2.28. The Morgan fingerprint density at radius 1 is 0.577 bits per heavy atom. The second-order valence-corrected chi connectivity index (χ2v) is 15.3. The highest BCUT2D eigenvalue weighted by molar-refractivity contribution is 7.47. The van der Waals surface area contributed by atoms with Crippen molar-refractivity contribution >= 4 is 13.8 Å². The lowest BCUT2D eigenvalue weighted by molar-refractivity contribution is -0.154. The van der Waals surface area contributed by atoms with Gasteiger partial charge in [-0.1, -0.05) is 152 Å². The zero-order valence-electron chi connectivity index (χ0n) is 33.5. The van der Waals surface area contributed by atoms with Crippen molar-refractivity contribution in [3.05, 3.63) is 48.6 Å². The molecular weight excluding hydrogens is 673 g/mol. The average Bonchev–Trinajstić information content (AvgIpc) is 3.13. The molecule has 9 heteroatoms. The Morgan fingerprint density at radius 2 is 1.04 bits per heavy atom. The SMILES string of the molecule is CCCC/C=C\C/C=C\CCCCCCCC(=O)OC(COCCCCCCCCCC/C=C\C/C=C\CCCCCC)COP(=O)(O)OCCN. The number of phosphoric acid groups is 1. The van der Waals surface area contributed by atoms with E-state index >= 15 is 0 Å². The lowest BCUT2D eigenvalue weighted by atomic mass is 10.1. The number of carbonyl (C=O) groups is 1. The van der Waals surface area contributed by atoms with E-state index in [-0.39, 0.29) is 32.3 Å². The zero-order valence-corrected chi connectivity index (χ0v) is 34.4. The molecule has 0 heterocycles. The van der Waals surface area contributed by atoms with Gasteiger partial charge in [0.15, 0.2) is 0 Å². The van der Waals surface area contributed by atoms with E-state index < -0.39 is 13.9 Å². The van der Waals surface area contributed by atoms with Crippen LogP contribution in [0.15, 0.2) is 48.6 Å². The van der Waals surface area contributed by atoms with Crippen molar-refractivity contribution in [2.24, 2.45) is 5.73 Å². The smallest absolute Gasteiger partial charge is 0.457 e. The number of rotatable bonds is 40. The Hall–Kier alpha value is -1.54. The van der Waals surface area contributed by atoms with Gasteiger partial charge in [-0.2, -0.15) is 0 Å². The Morgan fingerprint density at radius 3 is 1.56 bits per heavy atom. The lowest BCUT2D eigenvalue weighted by Gasteiger charge is -2.20. The van der Waals surface area contributed by atoms with Gasteiger partial charge in [0.2, 0.25) is 0 Å². The molecule has 0 aliphatic carbocycles. The minimum Gasteiger partial charge on any atom is -0.457 e. The predicted molar refractivity (Wildman–Crippen MR) is 219 cm³/mol. The third-order valence-corrected chi connectivity index (χ3v) is 9.70. The normalized spacial score (nSPS) is 14.0. The molecule has 0 amide bonds. The first-order valence-corrected chi connectivity index (χ1v) is 22.6. The van der Waals surface area contributed by atoms with Crippen LogP contribution in [-0.4, -0.2) is 49.9 Å². The standard InChI is InChI=1S/C43H80NO7P/c1-3-5-7-9-11-13-15-17-19-20-21-22-23-25-27-29-31-33-35-38-48-40-42(41-50-52(46,47)49-39-37-44)51-43(45)36-34-32-30-28-26-24-18-16-14-12-10-8-6-4-2/h10,12-13,15-16,18-20,42H,3-9,11,14,17,21-41,44H2,1-2H3,(H,46,47)/b12-10-,15-13-,18-16-,20-19-. The van der Waals surface area contributed by atoms with Crippen molar-refractivity contribution < 1.29 is 32.8 Å². The molecule has 2 atom stereocenters. The summed E-state index contributed by atoms with van der Waals surface area (Å²) in [6.07, 6.45) is 46.9. The van der Waals surface area contributed by atoms with Gasteiger partial charge in [0, 0.05) is 19.6 Å². The van der Waals surface area contributed by atoms with Crippen molar-refractivity contribution in [2.75, 3.05) is 33.0 Å². The second kappa shape index (κ2) is 40.6. The molecule has 0 saturated heterocycles. The number of phosphoric ester groups is 1. The number of esters is 1. The molecular formula is C43H80NO7P. The van der Waals surface area contributed by atoms with Crippen LogP contribution in [-0.2, 0) is 27.9 Å². The minimum atomic E-state index is -4.28. The number of nitrogens with two attached hydrogens (primary N) is 1. The number of hydrogen-bond donors (Lipinski definition) is 2. The van der Waals surface area contributed by atoms with Crippen LogP contribution < -0.4 is 5.73 Å². The van der Waals surface area contributed by atoms with Gasteiger partial charge in [0.05, 0.1) is 19.8 Å². The molecule has 52 heavy (non-hydrogen) atoms. The highest BCUT2D eigenvalue weighted by Crippen LogP contribution is 2.43. The fraction of sp³-hybridized carbons (Fsp3) is 0.791. The molecule has 0 saturated carbocycles. The molecule has 0 aliphatic heterocycles. The molecule has 0 aliphatic rings. The van der Waals surface area contributed by atoms with Gasteiger partial charge in [-0.15, -0.1) is 0 Å². The molecule has 0 aromatic rings. The Balaban J connectivity index is 4.06. The van der Waals surface area contributed by atoms with Crippen molar-refractivity contribution in [1.82, 2.24) is 0 Å². The number of carbonyl (C=O) groups excluding carboxylic acids is 1. The Labute approximate surface area is 320 Å². The van der Waals surface area contributed by atoms with Crippen LogP contribution in [0.5, 0.6) is 0 Å². The van der Waals surface area contributed by atoms with E-state index in [0.717, 1.165) is 64.2 Å². The predicted octanol–water partition coefficient (Wildman–Crippen LogP) is 12.4. The zero-order chi connectivity index (χ0) is 38.1. The van der Waals surface area contributed by atoms with Crippen LogP contribution in [0.4, 0.5) is 0 Å². The number of unbranched alkanes of at least 4 members (excludes halogenated alkanes) is 19. The Kier molecular flexibility index (Phi) is 39.4. The molecule has 0 rings (SSSR count). The fourth-order valence-corrected chi connectivity index (χ4v) is 6.34. The summed E-state index contributed by atoms with van der Waals surface area (Å²) in [4.78, 5) is 22.4.